The zero-order valence-corrected chi connectivity index (χ0v) is 19.5. The molecule has 31 heavy (non-hydrogen) atoms. The van der Waals surface area contributed by atoms with Crippen LogP contribution in [0, 0.1) is 26.3 Å². The summed E-state index contributed by atoms with van der Waals surface area (Å²) in [4.78, 5) is 38.8. The topological polar surface area (TPSA) is 87.7 Å². The predicted molar refractivity (Wildman–Crippen MR) is 121 cm³/mol. The number of nitrogens with zero attached hydrogens (tertiary/aromatic N) is 1. The van der Waals surface area contributed by atoms with E-state index in [1.165, 1.54) is 0 Å². The molecule has 0 aliphatic rings. The molecule has 0 aromatic heterocycles. The highest BCUT2D eigenvalue weighted by Crippen LogP contribution is 2.23. The lowest BCUT2D eigenvalue weighted by Gasteiger charge is -2.27. The average Bonchev–Trinajstić information content (AvgIpc) is 2.68. The first-order chi connectivity index (χ1) is 14.5. The van der Waals surface area contributed by atoms with Crippen LogP contribution in [0.5, 0.6) is 0 Å². The largest absolute Gasteiger partial charge is 0.444 e. The first-order valence-electron chi connectivity index (χ1n) is 10.6. The monoisotopic (exact) mass is 429 g/mol. The Morgan fingerprint density at radius 1 is 1.13 bits per heavy atom. The summed E-state index contributed by atoms with van der Waals surface area (Å²) in [6.07, 6.45) is 7.76. The number of hydrogen-bond acceptors (Lipinski definition) is 4. The highest BCUT2D eigenvalue weighted by molar-refractivity contribution is 5.91. The Hall–Kier alpha value is -3.01. The summed E-state index contributed by atoms with van der Waals surface area (Å²) in [7, 11) is 0. The Bertz CT molecular complexity index is 821. The van der Waals surface area contributed by atoms with Crippen molar-refractivity contribution in [2.45, 2.75) is 72.4 Å². The standard InChI is InChI=1S/C24H35N3O4/c1-8-10-11-14-25-22(29)21(19-13-12-17(3)18(4)15-19)27(9-2)20(28)16-26-23(30)31-24(5,6)7/h2,12-13,15,21H,8,10-11,14,16H2,1,3-7H3,(H,25,29)(H,26,30). The number of unbranched alkanes of at least 4 members (excludes halogenated alkanes) is 2. The molecule has 1 aromatic rings. The normalized spacial score (nSPS) is 11.8. The van der Waals surface area contributed by atoms with Gasteiger partial charge in [-0.1, -0.05) is 44.4 Å². The fourth-order valence-corrected chi connectivity index (χ4v) is 2.87. The van der Waals surface area contributed by atoms with Crippen molar-refractivity contribution in [1.29, 1.82) is 0 Å². The van der Waals surface area contributed by atoms with Gasteiger partial charge in [0.05, 0.1) is 0 Å². The Kier molecular flexibility index (Phi) is 10.1. The van der Waals surface area contributed by atoms with E-state index in [1.807, 2.05) is 26.0 Å². The zero-order valence-electron chi connectivity index (χ0n) is 19.5. The minimum Gasteiger partial charge on any atom is -0.444 e. The fraction of sp³-hybridized carbons (Fsp3) is 0.542. The van der Waals surface area contributed by atoms with Gasteiger partial charge in [0.2, 0.25) is 5.91 Å². The van der Waals surface area contributed by atoms with Gasteiger partial charge in [0.1, 0.15) is 18.2 Å². The van der Waals surface area contributed by atoms with Crippen LogP contribution in [0.4, 0.5) is 4.79 Å². The number of carbonyl (C=O) groups is 3. The van der Waals surface area contributed by atoms with Crippen LogP contribution in [0.2, 0.25) is 0 Å². The van der Waals surface area contributed by atoms with Crippen molar-refractivity contribution in [2.24, 2.45) is 0 Å². The Labute approximate surface area is 185 Å². The maximum Gasteiger partial charge on any atom is 0.408 e. The number of rotatable bonds is 9. The molecular weight excluding hydrogens is 394 g/mol. The van der Waals surface area contributed by atoms with Crippen LogP contribution in [-0.2, 0) is 14.3 Å². The third-order valence-electron chi connectivity index (χ3n) is 4.62. The molecule has 0 aliphatic carbocycles. The van der Waals surface area contributed by atoms with E-state index in [2.05, 4.69) is 23.6 Å². The maximum atomic E-state index is 13.0. The van der Waals surface area contributed by atoms with Crippen molar-refractivity contribution in [3.63, 3.8) is 0 Å². The molecule has 0 spiro atoms. The molecule has 1 unspecified atom stereocenters. The minimum absolute atomic E-state index is 0.358. The van der Waals surface area contributed by atoms with E-state index in [9.17, 15) is 14.4 Å². The molecule has 0 fully saturated rings. The second-order valence-corrected chi connectivity index (χ2v) is 8.49. The van der Waals surface area contributed by atoms with Gasteiger partial charge in [-0.3, -0.25) is 14.5 Å². The molecule has 170 valence electrons. The van der Waals surface area contributed by atoms with Gasteiger partial charge in [-0.15, -0.1) is 0 Å². The summed E-state index contributed by atoms with van der Waals surface area (Å²) in [5.41, 5.74) is 1.97. The predicted octanol–water partition coefficient (Wildman–Crippen LogP) is 3.59. The van der Waals surface area contributed by atoms with Gasteiger partial charge >= 0.3 is 6.09 Å². The molecule has 0 heterocycles. The summed E-state index contributed by atoms with van der Waals surface area (Å²) < 4.78 is 5.15. The zero-order chi connectivity index (χ0) is 23.6. The molecule has 0 bridgehead atoms. The molecule has 7 nitrogen and oxygen atoms in total. The second-order valence-electron chi connectivity index (χ2n) is 8.49. The number of benzene rings is 1. The highest BCUT2D eigenvalue weighted by Gasteiger charge is 2.31. The lowest BCUT2D eigenvalue weighted by molar-refractivity contribution is -0.136. The molecule has 7 heteroatoms. The number of alkyl carbamates (subject to hydrolysis) is 1. The Morgan fingerprint density at radius 3 is 2.35 bits per heavy atom. The fourth-order valence-electron chi connectivity index (χ4n) is 2.87. The van der Waals surface area contributed by atoms with Crippen molar-refractivity contribution in [2.75, 3.05) is 13.1 Å². The number of ether oxygens (including phenoxy) is 1. The Morgan fingerprint density at radius 2 is 1.81 bits per heavy atom. The number of terminal acetylenes is 1. The van der Waals surface area contributed by atoms with Gasteiger partial charge in [-0.25, -0.2) is 4.79 Å². The maximum absolute atomic E-state index is 13.0. The van der Waals surface area contributed by atoms with Crippen LogP contribution in [0.25, 0.3) is 0 Å². The highest BCUT2D eigenvalue weighted by atomic mass is 16.6. The summed E-state index contributed by atoms with van der Waals surface area (Å²) in [6, 6.07) is 6.85. The van der Waals surface area contributed by atoms with Crippen molar-refractivity contribution >= 4 is 17.9 Å². The van der Waals surface area contributed by atoms with Crippen LogP contribution in [0.3, 0.4) is 0 Å². The summed E-state index contributed by atoms with van der Waals surface area (Å²) >= 11 is 0. The number of aryl methyl sites for hydroxylation is 2. The van der Waals surface area contributed by atoms with Gasteiger partial charge in [0.25, 0.3) is 5.91 Å². The first-order valence-corrected chi connectivity index (χ1v) is 10.6. The minimum atomic E-state index is -1.00. The van der Waals surface area contributed by atoms with Crippen molar-refractivity contribution < 1.29 is 19.1 Å². The van der Waals surface area contributed by atoms with Crippen LogP contribution in [-0.4, -0.2) is 41.5 Å². The number of nitrogens with one attached hydrogen (secondary N) is 2. The molecule has 2 N–H and O–H groups in total. The lowest BCUT2D eigenvalue weighted by atomic mass is 9.99. The molecule has 0 saturated carbocycles. The van der Waals surface area contributed by atoms with E-state index in [1.54, 1.807) is 26.8 Å². The average molecular weight is 430 g/mol. The molecule has 0 radical (unpaired) electrons. The van der Waals surface area contributed by atoms with Crippen molar-refractivity contribution in [1.82, 2.24) is 15.5 Å². The lowest BCUT2D eigenvalue weighted by Crippen LogP contribution is -2.46. The quantitative estimate of drug-likeness (QED) is 0.357. The van der Waals surface area contributed by atoms with E-state index in [4.69, 9.17) is 11.2 Å². The molecule has 3 amide bonds. The summed E-state index contributed by atoms with van der Waals surface area (Å²) in [5.74, 6) is -0.941. The number of hydrogen-bond donors (Lipinski definition) is 2. The molecular formula is C24H35N3O4. The summed E-state index contributed by atoms with van der Waals surface area (Å²) in [5, 5.41) is 5.28. The van der Waals surface area contributed by atoms with Crippen LogP contribution >= 0.6 is 0 Å². The molecule has 1 atom stereocenters. The van der Waals surface area contributed by atoms with Crippen molar-refractivity contribution in [3.8, 4) is 12.5 Å². The third-order valence-corrected chi connectivity index (χ3v) is 4.62. The van der Waals surface area contributed by atoms with Gasteiger partial charge in [-0.2, -0.15) is 0 Å². The van der Waals surface area contributed by atoms with Crippen molar-refractivity contribution in [3.05, 3.63) is 34.9 Å². The SMILES string of the molecule is C#CN(C(=O)CNC(=O)OC(C)(C)C)C(C(=O)NCCCCC)c1ccc(C)c(C)c1. The molecule has 1 aromatic carbocycles. The smallest absolute Gasteiger partial charge is 0.408 e. The van der Waals surface area contributed by atoms with E-state index in [-0.39, 0.29) is 12.5 Å². The molecule has 1 rings (SSSR count). The number of carbonyl (C=O) groups excluding carboxylic acids is 3. The van der Waals surface area contributed by atoms with Gasteiger partial charge in [0, 0.05) is 12.6 Å². The van der Waals surface area contributed by atoms with Crippen LogP contribution < -0.4 is 10.6 Å². The van der Waals surface area contributed by atoms with Crippen LogP contribution in [0.1, 0.15) is 69.7 Å². The summed E-state index contributed by atoms with van der Waals surface area (Å²) in [6.45, 7) is 11.3. The Balaban J connectivity index is 3.05. The molecule has 0 aliphatic heterocycles. The molecule has 0 saturated heterocycles. The van der Waals surface area contributed by atoms with E-state index >= 15 is 0 Å². The van der Waals surface area contributed by atoms with E-state index in [0.29, 0.717) is 12.1 Å². The van der Waals surface area contributed by atoms with Gasteiger partial charge in [0.15, 0.2) is 0 Å². The van der Waals surface area contributed by atoms with E-state index < -0.39 is 23.6 Å². The number of amides is 3. The second kappa shape index (κ2) is 12.0. The van der Waals surface area contributed by atoms with E-state index in [0.717, 1.165) is 35.3 Å². The van der Waals surface area contributed by atoms with Crippen LogP contribution in [0.15, 0.2) is 18.2 Å². The first kappa shape index (κ1) is 26.0. The van der Waals surface area contributed by atoms with Gasteiger partial charge in [-0.05, 0) is 57.7 Å². The third kappa shape index (κ3) is 8.71. The van der Waals surface area contributed by atoms with Gasteiger partial charge < -0.3 is 15.4 Å².